The number of nitrogens with one attached hydrogen (secondary N) is 2. The van der Waals surface area contributed by atoms with Crippen molar-refractivity contribution in [3.05, 3.63) is 83.8 Å². The summed E-state index contributed by atoms with van der Waals surface area (Å²) in [5, 5.41) is 5.56. The Morgan fingerprint density at radius 3 is 2.67 bits per heavy atom. The molecule has 2 amide bonds. The lowest BCUT2D eigenvalue weighted by Gasteiger charge is -2.15. The first-order valence-electron chi connectivity index (χ1n) is 9.99. The van der Waals surface area contributed by atoms with Gasteiger partial charge in [-0.2, -0.15) is 0 Å². The third-order valence-electron chi connectivity index (χ3n) is 4.83. The second-order valence-electron chi connectivity index (χ2n) is 7.03. The first-order chi connectivity index (χ1) is 14.6. The summed E-state index contributed by atoms with van der Waals surface area (Å²) in [5.74, 6) is 1.19. The van der Waals surface area contributed by atoms with Crippen molar-refractivity contribution in [2.75, 3.05) is 11.9 Å². The molecule has 1 atom stereocenters. The van der Waals surface area contributed by atoms with Crippen LogP contribution in [0, 0.1) is 0 Å². The number of rotatable bonds is 9. The van der Waals surface area contributed by atoms with Crippen LogP contribution in [0.2, 0.25) is 0 Å². The molecular formula is C24H26N2O4. The third kappa shape index (κ3) is 5.73. The Balaban J connectivity index is 1.56. The molecule has 0 aliphatic carbocycles. The van der Waals surface area contributed by atoms with Crippen molar-refractivity contribution in [3.63, 3.8) is 0 Å². The number of carbonyl (C=O) groups is 2. The fourth-order valence-corrected chi connectivity index (χ4v) is 3.00. The molecule has 0 radical (unpaired) electrons. The summed E-state index contributed by atoms with van der Waals surface area (Å²) < 4.78 is 11.0. The molecule has 3 aromatic rings. The highest BCUT2D eigenvalue weighted by Crippen LogP contribution is 2.28. The normalized spacial score (nSPS) is 11.5. The molecule has 2 aromatic carbocycles. The van der Waals surface area contributed by atoms with E-state index in [0.29, 0.717) is 35.2 Å². The number of para-hydroxylation sites is 1. The summed E-state index contributed by atoms with van der Waals surface area (Å²) in [6.45, 7) is 4.44. The molecule has 0 saturated heterocycles. The number of carbonyl (C=O) groups excluding carboxylic acids is 2. The molecule has 0 spiro atoms. The summed E-state index contributed by atoms with van der Waals surface area (Å²) in [6, 6.07) is 18.1. The van der Waals surface area contributed by atoms with Gasteiger partial charge in [0.25, 0.3) is 11.8 Å². The minimum Gasteiger partial charge on any atom is -0.483 e. The fourth-order valence-electron chi connectivity index (χ4n) is 3.00. The van der Waals surface area contributed by atoms with E-state index in [9.17, 15) is 9.59 Å². The van der Waals surface area contributed by atoms with Crippen LogP contribution in [0.3, 0.4) is 0 Å². The number of furan rings is 1. The quantitative estimate of drug-likeness (QED) is 0.538. The van der Waals surface area contributed by atoms with Crippen molar-refractivity contribution in [1.29, 1.82) is 0 Å². The van der Waals surface area contributed by atoms with Gasteiger partial charge in [0.05, 0.1) is 12.8 Å². The Kier molecular flexibility index (Phi) is 7.27. The topological polar surface area (TPSA) is 80.6 Å². The van der Waals surface area contributed by atoms with Crippen LogP contribution < -0.4 is 15.4 Å². The Morgan fingerprint density at radius 2 is 1.90 bits per heavy atom. The van der Waals surface area contributed by atoms with E-state index in [1.54, 1.807) is 42.7 Å². The van der Waals surface area contributed by atoms with Gasteiger partial charge in [-0.1, -0.05) is 38.1 Å². The number of anilines is 1. The second kappa shape index (κ2) is 10.3. The van der Waals surface area contributed by atoms with E-state index in [0.717, 1.165) is 12.0 Å². The van der Waals surface area contributed by atoms with Crippen LogP contribution in [0.1, 0.15) is 47.9 Å². The maximum Gasteiger partial charge on any atom is 0.262 e. The zero-order chi connectivity index (χ0) is 21.3. The van der Waals surface area contributed by atoms with Gasteiger partial charge in [-0.25, -0.2) is 0 Å². The van der Waals surface area contributed by atoms with Gasteiger partial charge in [-0.3, -0.25) is 9.59 Å². The Morgan fingerprint density at radius 1 is 1.07 bits per heavy atom. The van der Waals surface area contributed by atoms with Crippen LogP contribution in [0.25, 0.3) is 0 Å². The first-order valence-corrected chi connectivity index (χ1v) is 9.99. The average Bonchev–Trinajstić information content (AvgIpc) is 3.29. The lowest BCUT2D eigenvalue weighted by molar-refractivity contribution is -0.118. The highest BCUT2D eigenvalue weighted by Gasteiger charge is 2.12. The molecule has 0 aliphatic rings. The summed E-state index contributed by atoms with van der Waals surface area (Å²) in [6.07, 6.45) is 2.54. The van der Waals surface area contributed by atoms with E-state index in [1.165, 1.54) is 0 Å². The lowest BCUT2D eigenvalue weighted by Crippen LogP contribution is -2.23. The molecular weight excluding hydrogens is 380 g/mol. The highest BCUT2D eigenvalue weighted by molar-refractivity contribution is 5.97. The molecule has 0 bridgehead atoms. The maximum absolute atomic E-state index is 12.3. The maximum atomic E-state index is 12.3. The molecule has 156 valence electrons. The molecule has 1 heterocycles. The van der Waals surface area contributed by atoms with Crippen LogP contribution in [0.15, 0.2) is 71.3 Å². The van der Waals surface area contributed by atoms with Gasteiger partial charge in [0.1, 0.15) is 11.5 Å². The minimum absolute atomic E-state index is 0.109. The summed E-state index contributed by atoms with van der Waals surface area (Å²) >= 11 is 0. The number of ether oxygens (including phenoxy) is 1. The molecule has 1 unspecified atom stereocenters. The van der Waals surface area contributed by atoms with Crippen molar-refractivity contribution < 1.29 is 18.7 Å². The van der Waals surface area contributed by atoms with Gasteiger partial charge in [0.2, 0.25) is 0 Å². The summed E-state index contributed by atoms with van der Waals surface area (Å²) in [5.41, 5.74) is 2.06. The standard InChI is InChI=1S/C24H26N2O4/c1-3-17(2)21-11-4-5-12-22(21)30-16-23(27)26-19-9-6-8-18(14-19)24(28)25-15-20-10-7-13-29-20/h4-14,17H,3,15-16H2,1-2H3,(H,25,28)(H,26,27). The van der Waals surface area contributed by atoms with Crippen LogP contribution in [-0.2, 0) is 11.3 Å². The minimum atomic E-state index is -0.290. The fraction of sp³-hybridized carbons (Fsp3) is 0.250. The molecule has 0 saturated carbocycles. The number of benzene rings is 2. The van der Waals surface area contributed by atoms with Gasteiger partial charge in [-0.05, 0) is 54.3 Å². The molecule has 30 heavy (non-hydrogen) atoms. The van der Waals surface area contributed by atoms with Crippen molar-refractivity contribution in [2.45, 2.75) is 32.7 Å². The lowest BCUT2D eigenvalue weighted by atomic mass is 9.98. The highest BCUT2D eigenvalue weighted by atomic mass is 16.5. The van der Waals surface area contributed by atoms with Gasteiger partial charge in [0.15, 0.2) is 6.61 Å². The van der Waals surface area contributed by atoms with Crippen molar-refractivity contribution in [3.8, 4) is 5.75 Å². The van der Waals surface area contributed by atoms with Crippen molar-refractivity contribution in [1.82, 2.24) is 5.32 Å². The van der Waals surface area contributed by atoms with Gasteiger partial charge < -0.3 is 19.8 Å². The molecule has 6 heteroatoms. The predicted octanol–water partition coefficient (Wildman–Crippen LogP) is 4.74. The van der Waals surface area contributed by atoms with E-state index < -0.39 is 0 Å². The SMILES string of the molecule is CCC(C)c1ccccc1OCC(=O)Nc1cccc(C(=O)NCc2ccco2)c1. The zero-order valence-electron chi connectivity index (χ0n) is 17.2. The average molecular weight is 406 g/mol. The first kappa shape index (κ1) is 21.2. The van der Waals surface area contributed by atoms with Crippen LogP contribution >= 0.6 is 0 Å². The number of hydrogen-bond donors (Lipinski definition) is 2. The third-order valence-corrected chi connectivity index (χ3v) is 4.83. The van der Waals surface area contributed by atoms with E-state index in [-0.39, 0.29) is 18.4 Å². The van der Waals surface area contributed by atoms with Crippen molar-refractivity contribution in [2.24, 2.45) is 0 Å². The zero-order valence-corrected chi connectivity index (χ0v) is 17.2. The summed E-state index contributed by atoms with van der Waals surface area (Å²) in [7, 11) is 0. The van der Waals surface area contributed by atoms with Gasteiger partial charge in [-0.15, -0.1) is 0 Å². The molecule has 2 N–H and O–H groups in total. The van der Waals surface area contributed by atoms with Crippen LogP contribution in [-0.4, -0.2) is 18.4 Å². The smallest absolute Gasteiger partial charge is 0.262 e. The van der Waals surface area contributed by atoms with Crippen LogP contribution in [0.4, 0.5) is 5.69 Å². The van der Waals surface area contributed by atoms with Crippen LogP contribution in [0.5, 0.6) is 5.75 Å². The van der Waals surface area contributed by atoms with Crippen molar-refractivity contribution >= 4 is 17.5 Å². The molecule has 3 rings (SSSR count). The van der Waals surface area contributed by atoms with E-state index in [4.69, 9.17) is 9.15 Å². The Labute approximate surface area is 176 Å². The second-order valence-corrected chi connectivity index (χ2v) is 7.03. The Bertz CT molecular complexity index is 982. The largest absolute Gasteiger partial charge is 0.483 e. The number of amides is 2. The van der Waals surface area contributed by atoms with E-state index in [2.05, 4.69) is 24.5 Å². The predicted molar refractivity (Wildman–Crippen MR) is 116 cm³/mol. The molecule has 1 aromatic heterocycles. The summed E-state index contributed by atoms with van der Waals surface area (Å²) in [4.78, 5) is 24.7. The molecule has 0 fully saturated rings. The van der Waals surface area contributed by atoms with E-state index in [1.807, 2.05) is 24.3 Å². The monoisotopic (exact) mass is 406 g/mol. The van der Waals surface area contributed by atoms with Gasteiger partial charge >= 0.3 is 0 Å². The van der Waals surface area contributed by atoms with Gasteiger partial charge in [0, 0.05) is 11.3 Å². The molecule has 6 nitrogen and oxygen atoms in total. The molecule has 0 aliphatic heterocycles. The Hall–Kier alpha value is -3.54. The van der Waals surface area contributed by atoms with E-state index >= 15 is 0 Å². The number of hydrogen-bond acceptors (Lipinski definition) is 4.